The second kappa shape index (κ2) is 7.17. The number of rotatable bonds is 6. The van der Waals surface area contributed by atoms with Crippen LogP contribution in [0.5, 0.6) is 0 Å². The molecule has 0 spiro atoms. The number of benzene rings is 1. The van der Waals surface area contributed by atoms with Crippen molar-refractivity contribution in [2.24, 2.45) is 0 Å². The lowest BCUT2D eigenvalue weighted by Gasteiger charge is -2.13. The van der Waals surface area contributed by atoms with Crippen molar-refractivity contribution in [3.05, 3.63) is 54.1 Å². The Bertz CT molecular complexity index is 403. The van der Waals surface area contributed by atoms with Crippen LogP contribution in [-0.4, -0.2) is 13.1 Å². The molecular formula is C17H23N. The van der Waals surface area contributed by atoms with Gasteiger partial charge in [0.05, 0.1) is 0 Å². The molecule has 0 aromatic heterocycles. The molecule has 0 aliphatic heterocycles. The molecule has 0 atom stereocenters. The topological polar surface area (TPSA) is 12.0 Å². The highest BCUT2D eigenvalue weighted by molar-refractivity contribution is 5.64. The van der Waals surface area contributed by atoms with E-state index in [0.717, 1.165) is 13.1 Å². The van der Waals surface area contributed by atoms with Crippen LogP contribution in [0.15, 0.2) is 48.6 Å². The summed E-state index contributed by atoms with van der Waals surface area (Å²) in [6, 6.07) is 10.4. The monoisotopic (exact) mass is 241 g/mol. The van der Waals surface area contributed by atoms with Crippen LogP contribution in [0.3, 0.4) is 0 Å². The van der Waals surface area contributed by atoms with Crippen molar-refractivity contribution in [1.82, 2.24) is 5.32 Å². The van der Waals surface area contributed by atoms with E-state index in [0.29, 0.717) is 0 Å². The molecule has 1 aromatic carbocycles. The average molecular weight is 241 g/mol. The maximum Gasteiger partial charge on any atom is 0.0205 e. The van der Waals surface area contributed by atoms with Gasteiger partial charge in [-0.1, -0.05) is 48.6 Å². The van der Waals surface area contributed by atoms with E-state index >= 15 is 0 Å². The van der Waals surface area contributed by atoms with E-state index in [4.69, 9.17) is 0 Å². The Kier molecular flexibility index (Phi) is 5.22. The number of hydrogen-bond donors (Lipinski definition) is 1. The van der Waals surface area contributed by atoms with Gasteiger partial charge >= 0.3 is 0 Å². The molecule has 0 radical (unpaired) electrons. The molecule has 1 aliphatic carbocycles. The molecule has 2 rings (SSSR count). The first-order chi connectivity index (χ1) is 8.86. The summed E-state index contributed by atoms with van der Waals surface area (Å²) in [5, 5.41) is 3.49. The smallest absolute Gasteiger partial charge is 0.0205 e. The summed E-state index contributed by atoms with van der Waals surface area (Å²) in [7, 11) is 0. The predicted molar refractivity (Wildman–Crippen MR) is 79.5 cm³/mol. The molecule has 1 aliphatic rings. The van der Waals surface area contributed by atoms with Gasteiger partial charge in [0.1, 0.15) is 0 Å². The highest BCUT2D eigenvalue weighted by atomic mass is 14.8. The van der Waals surface area contributed by atoms with E-state index in [1.165, 1.54) is 43.2 Å². The minimum absolute atomic E-state index is 0.886. The third-order valence-electron chi connectivity index (χ3n) is 3.53. The van der Waals surface area contributed by atoms with Crippen molar-refractivity contribution in [3.63, 3.8) is 0 Å². The number of nitrogens with one attached hydrogen (secondary N) is 1. The van der Waals surface area contributed by atoms with Gasteiger partial charge in [-0.05, 0) is 49.8 Å². The summed E-state index contributed by atoms with van der Waals surface area (Å²) in [4.78, 5) is 0. The zero-order valence-electron chi connectivity index (χ0n) is 11.1. The Morgan fingerprint density at radius 3 is 2.72 bits per heavy atom. The molecule has 0 saturated heterocycles. The van der Waals surface area contributed by atoms with Crippen LogP contribution in [0.1, 0.15) is 37.7 Å². The summed E-state index contributed by atoms with van der Waals surface area (Å²) in [5.41, 5.74) is 4.05. The molecule has 0 saturated carbocycles. The van der Waals surface area contributed by atoms with Gasteiger partial charge in [0.25, 0.3) is 0 Å². The predicted octanol–water partition coefficient (Wildman–Crippen LogP) is 4.18. The maximum atomic E-state index is 4.13. The maximum absolute atomic E-state index is 4.13. The van der Waals surface area contributed by atoms with Gasteiger partial charge in [-0.15, -0.1) is 0 Å². The highest BCUT2D eigenvalue weighted by Crippen LogP contribution is 2.19. The number of allylic oxidation sites excluding steroid dienone is 1. The Labute approximate surface area is 111 Å². The van der Waals surface area contributed by atoms with E-state index < -0.39 is 0 Å². The van der Waals surface area contributed by atoms with Gasteiger partial charge in [-0.3, -0.25) is 0 Å². The first-order valence-corrected chi connectivity index (χ1v) is 6.98. The summed E-state index contributed by atoms with van der Waals surface area (Å²) in [6.45, 7) is 6.09. The van der Waals surface area contributed by atoms with Crippen molar-refractivity contribution in [1.29, 1.82) is 0 Å². The lowest BCUT2D eigenvalue weighted by atomic mass is 9.97. The highest BCUT2D eigenvalue weighted by Gasteiger charge is 2.03. The van der Waals surface area contributed by atoms with Crippen molar-refractivity contribution in [2.45, 2.75) is 32.1 Å². The standard InChI is InChI=1S/C17H23N/c1-15(17-10-6-3-7-11-17)14-18-13-12-16-8-4-2-5-9-16/h3,6-8,10-11,18H,1-2,4-5,9,12-14H2. The van der Waals surface area contributed by atoms with Crippen molar-refractivity contribution >= 4 is 5.57 Å². The van der Waals surface area contributed by atoms with Gasteiger partial charge in [-0.25, -0.2) is 0 Å². The van der Waals surface area contributed by atoms with Crippen molar-refractivity contribution < 1.29 is 0 Å². The molecule has 1 heteroatoms. The van der Waals surface area contributed by atoms with Crippen molar-refractivity contribution in [3.8, 4) is 0 Å². The van der Waals surface area contributed by atoms with Crippen LogP contribution in [-0.2, 0) is 0 Å². The quantitative estimate of drug-likeness (QED) is 0.582. The molecule has 0 amide bonds. The van der Waals surface area contributed by atoms with Gasteiger partial charge in [0.15, 0.2) is 0 Å². The van der Waals surface area contributed by atoms with Crippen LogP contribution in [0, 0.1) is 0 Å². The summed E-state index contributed by atoms with van der Waals surface area (Å²) >= 11 is 0. The van der Waals surface area contributed by atoms with Gasteiger partial charge in [0.2, 0.25) is 0 Å². The Morgan fingerprint density at radius 1 is 1.17 bits per heavy atom. The molecule has 0 unspecified atom stereocenters. The molecular weight excluding hydrogens is 218 g/mol. The van der Waals surface area contributed by atoms with Crippen LogP contribution < -0.4 is 5.32 Å². The first kappa shape index (κ1) is 13.1. The minimum Gasteiger partial charge on any atom is -0.312 e. The first-order valence-electron chi connectivity index (χ1n) is 6.98. The molecule has 0 heterocycles. The third-order valence-corrected chi connectivity index (χ3v) is 3.53. The lowest BCUT2D eigenvalue weighted by Crippen LogP contribution is -2.18. The van der Waals surface area contributed by atoms with Crippen LogP contribution >= 0.6 is 0 Å². The fourth-order valence-corrected chi connectivity index (χ4v) is 2.40. The molecule has 18 heavy (non-hydrogen) atoms. The summed E-state index contributed by atoms with van der Waals surface area (Å²) in [6.07, 6.45) is 8.97. The fourth-order valence-electron chi connectivity index (χ4n) is 2.40. The molecule has 96 valence electrons. The molecule has 0 bridgehead atoms. The van der Waals surface area contributed by atoms with Crippen LogP contribution in [0.25, 0.3) is 5.57 Å². The molecule has 0 fully saturated rings. The van der Waals surface area contributed by atoms with Gasteiger partial charge < -0.3 is 5.32 Å². The van der Waals surface area contributed by atoms with Gasteiger partial charge in [-0.2, -0.15) is 0 Å². The second-order valence-corrected chi connectivity index (χ2v) is 5.00. The van der Waals surface area contributed by atoms with Crippen LogP contribution in [0.4, 0.5) is 0 Å². The van der Waals surface area contributed by atoms with E-state index in [2.05, 4.69) is 42.2 Å². The molecule has 1 aromatic rings. The second-order valence-electron chi connectivity index (χ2n) is 5.00. The Hall–Kier alpha value is -1.34. The largest absolute Gasteiger partial charge is 0.312 e. The summed E-state index contributed by atoms with van der Waals surface area (Å²) in [5.74, 6) is 0. The van der Waals surface area contributed by atoms with E-state index in [9.17, 15) is 0 Å². The van der Waals surface area contributed by atoms with E-state index in [1.807, 2.05) is 6.07 Å². The minimum atomic E-state index is 0.886. The normalized spacial score (nSPS) is 15.2. The fraction of sp³-hybridized carbons (Fsp3) is 0.412. The SMILES string of the molecule is C=C(CNCCC1=CCCCC1)c1ccccc1. The molecule has 1 nitrogen and oxygen atoms in total. The van der Waals surface area contributed by atoms with Gasteiger partial charge in [0, 0.05) is 6.54 Å². The Balaban J connectivity index is 1.66. The Morgan fingerprint density at radius 2 is 2.00 bits per heavy atom. The number of hydrogen-bond acceptors (Lipinski definition) is 1. The third kappa shape index (κ3) is 4.15. The molecule has 1 N–H and O–H groups in total. The lowest BCUT2D eigenvalue weighted by molar-refractivity contribution is 0.652. The zero-order valence-corrected chi connectivity index (χ0v) is 11.1. The summed E-state index contributed by atoms with van der Waals surface area (Å²) < 4.78 is 0. The average Bonchev–Trinajstić information content (AvgIpc) is 2.45. The zero-order chi connectivity index (χ0) is 12.6. The van der Waals surface area contributed by atoms with E-state index in [-0.39, 0.29) is 0 Å². The van der Waals surface area contributed by atoms with E-state index in [1.54, 1.807) is 5.57 Å². The van der Waals surface area contributed by atoms with Crippen molar-refractivity contribution in [2.75, 3.05) is 13.1 Å². The van der Waals surface area contributed by atoms with Crippen LogP contribution in [0.2, 0.25) is 0 Å².